The number of rotatable bonds is 18. The largest absolute Gasteiger partial charge is 0.466 e. The van der Waals surface area contributed by atoms with Crippen molar-refractivity contribution in [3.05, 3.63) is 27.2 Å². The molecule has 0 aliphatic rings. The van der Waals surface area contributed by atoms with Gasteiger partial charge in [0.1, 0.15) is 5.02 Å². The summed E-state index contributed by atoms with van der Waals surface area (Å²) in [5.74, 6) is -0.773. The van der Waals surface area contributed by atoms with Crippen LogP contribution in [-0.2, 0) is 14.3 Å². The van der Waals surface area contributed by atoms with E-state index in [1.54, 1.807) is 0 Å². The number of esters is 2. The van der Waals surface area contributed by atoms with E-state index in [0.717, 1.165) is 12.8 Å². The van der Waals surface area contributed by atoms with Crippen LogP contribution in [0.25, 0.3) is 0 Å². The van der Waals surface area contributed by atoms with Gasteiger partial charge in [0.25, 0.3) is 0 Å². The Morgan fingerprint density at radius 3 is 1.78 bits per heavy atom. The third-order valence-electron chi connectivity index (χ3n) is 5.24. The molecule has 0 atom stereocenters. The fourth-order valence-electron chi connectivity index (χ4n) is 3.35. The lowest BCUT2D eigenvalue weighted by Gasteiger charge is -2.09. The molecule has 1 rings (SSSR count). The van der Waals surface area contributed by atoms with Crippen LogP contribution in [0.3, 0.4) is 0 Å². The summed E-state index contributed by atoms with van der Waals surface area (Å²) in [6, 6.07) is 3.03. The third kappa shape index (κ3) is 13.5. The van der Waals surface area contributed by atoms with E-state index in [9.17, 15) is 9.59 Å². The lowest BCUT2D eigenvalue weighted by molar-refractivity contribution is -0.144. The summed E-state index contributed by atoms with van der Waals surface area (Å²) in [7, 11) is 0. The molecule has 0 aromatic heterocycles. The first-order chi connectivity index (χ1) is 15.5. The van der Waals surface area contributed by atoms with Gasteiger partial charge in [-0.1, -0.05) is 112 Å². The third-order valence-corrected chi connectivity index (χ3v) is 6.33. The molecular weight excluding hydrogens is 471 g/mol. The van der Waals surface area contributed by atoms with E-state index in [4.69, 9.17) is 44.3 Å². The zero-order chi connectivity index (χ0) is 23.6. The molecule has 7 heteroatoms. The van der Waals surface area contributed by atoms with Gasteiger partial charge in [-0.2, -0.15) is 0 Å². The summed E-state index contributed by atoms with van der Waals surface area (Å²) >= 11 is 17.9. The normalized spacial score (nSPS) is 10.9. The van der Waals surface area contributed by atoms with Gasteiger partial charge in [0.05, 0.1) is 16.7 Å². The molecule has 1 aromatic rings. The van der Waals surface area contributed by atoms with Crippen molar-refractivity contribution in [2.75, 3.05) is 6.61 Å². The van der Waals surface area contributed by atoms with Gasteiger partial charge in [0, 0.05) is 12.8 Å². The van der Waals surface area contributed by atoms with Crippen LogP contribution in [0.4, 0.5) is 0 Å². The van der Waals surface area contributed by atoms with Crippen LogP contribution in [0.2, 0.25) is 15.1 Å². The molecule has 1 aromatic carbocycles. The highest BCUT2D eigenvalue weighted by molar-refractivity contribution is 6.44. The second-order valence-corrected chi connectivity index (χ2v) is 9.30. The molecular formula is C25H37Cl3O4. The predicted molar refractivity (Wildman–Crippen MR) is 133 cm³/mol. The van der Waals surface area contributed by atoms with Crippen molar-refractivity contribution in [3.8, 4) is 5.75 Å². The van der Waals surface area contributed by atoms with Gasteiger partial charge in [-0.25, -0.2) is 0 Å². The fraction of sp³-hybridized carbons (Fsp3) is 0.680. The van der Waals surface area contributed by atoms with E-state index in [1.165, 1.54) is 76.3 Å². The van der Waals surface area contributed by atoms with Crippen molar-refractivity contribution >= 4 is 46.7 Å². The van der Waals surface area contributed by atoms with Crippen LogP contribution < -0.4 is 4.74 Å². The van der Waals surface area contributed by atoms with E-state index >= 15 is 0 Å². The highest BCUT2D eigenvalue weighted by atomic mass is 35.5. The van der Waals surface area contributed by atoms with Crippen LogP contribution in [-0.4, -0.2) is 18.5 Å². The fourth-order valence-corrected chi connectivity index (χ4v) is 3.94. The SMILES string of the molecule is CCCCCCCCCCCCCCOC(=O)CCCC(=O)Oc1c(Cl)ccc(Cl)c1Cl. The van der Waals surface area contributed by atoms with Crippen LogP contribution >= 0.6 is 34.8 Å². The Morgan fingerprint density at radius 2 is 1.19 bits per heavy atom. The Balaban J connectivity index is 1.98. The smallest absolute Gasteiger partial charge is 0.311 e. The Bertz CT molecular complexity index is 679. The molecule has 0 heterocycles. The van der Waals surface area contributed by atoms with E-state index in [-0.39, 0.29) is 39.6 Å². The number of ether oxygens (including phenoxy) is 2. The number of unbranched alkanes of at least 4 members (excludes halogenated alkanes) is 11. The maximum Gasteiger partial charge on any atom is 0.311 e. The number of hydrogen-bond acceptors (Lipinski definition) is 4. The Morgan fingerprint density at radius 1 is 0.688 bits per heavy atom. The first-order valence-corrected chi connectivity index (χ1v) is 13.1. The zero-order valence-electron chi connectivity index (χ0n) is 19.2. The molecule has 0 aliphatic carbocycles. The Labute approximate surface area is 208 Å². The molecule has 0 bridgehead atoms. The van der Waals surface area contributed by atoms with Crippen molar-refractivity contribution < 1.29 is 19.1 Å². The zero-order valence-corrected chi connectivity index (χ0v) is 21.5. The van der Waals surface area contributed by atoms with Gasteiger partial charge in [0.15, 0.2) is 5.75 Å². The summed E-state index contributed by atoms with van der Waals surface area (Å²) in [6.07, 6.45) is 15.8. The summed E-state index contributed by atoms with van der Waals surface area (Å²) in [4.78, 5) is 23.8. The van der Waals surface area contributed by atoms with Crippen molar-refractivity contribution in [2.24, 2.45) is 0 Å². The van der Waals surface area contributed by atoms with Gasteiger partial charge >= 0.3 is 11.9 Å². The van der Waals surface area contributed by atoms with E-state index in [0.29, 0.717) is 13.0 Å². The molecule has 0 spiro atoms. The predicted octanol–water partition coefficient (Wildman–Crippen LogP) is 8.97. The molecule has 4 nitrogen and oxygen atoms in total. The van der Waals surface area contributed by atoms with Crippen molar-refractivity contribution in [2.45, 2.75) is 103 Å². The maximum atomic E-state index is 12.0. The number of carbonyl (C=O) groups excluding carboxylic acids is 2. The lowest BCUT2D eigenvalue weighted by atomic mass is 10.1. The van der Waals surface area contributed by atoms with Gasteiger partial charge in [-0.05, 0) is 25.0 Å². The minimum Gasteiger partial charge on any atom is -0.466 e. The molecule has 0 N–H and O–H groups in total. The molecule has 0 amide bonds. The van der Waals surface area contributed by atoms with Crippen molar-refractivity contribution in [1.29, 1.82) is 0 Å². The molecule has 32 heavy (non-hydrogen) atoms. The number of halogens is 3. The second-order valence-electron chi connectivity index (χ2n) is 8.11. The summed E-state index contributed by atoms with van der Waals surface area (Å²) in [5.41, 5.74) is 0. The maximum absolute atomic E-state index is 12.0. The molecule has 0 unspecified atom stereocenters. The topological polar surface area (TPSA) is 52.6 Å². The molecule has 0 saturated heterocycles. The minimum atomic E-state index is -0.523. The van der Waals surface area contributed by atoms with E-state index < -0.39 is 5.97 Å². The standard InChI is InChI=1S/C25H37Cl3O4/c1-2-3-4-5-6-7-8-9-10-11-12-13-19-31-22(29)15-14-16-23(30)32-25-21(27)18-17-20(26)24(25)28/h17-18H,2-16,19H2,1H3. The highest BCUT2D eigenvalue weighted by Crippen LogP contribution is 2.38. The second kappa shape index (κ2) is 18.5. The average Bonchev–Trinajstić information content (AvgIpc) is 2.77. The lowest BCUT2D eigenvalue weighted by Crippen LogP contribution is -2.11. The van der Waals surface area contributed by atoms with E-state index in [1.807, 2.05) is 0 Å². The van der Waals surface area contributed by atoms with Crippen molar-refractivity contribution in [3.63, 3.8) is 0 Å². The average molecular weight is 508 g/mol. The molecule has 0 fully saturated rings. The van der Waals surface area contributed by atoms with Crippen molar-refractivity contribution in [1.82, 2.24) is 0 Å². The first-order valence-electron chi connectivity index (χ1n) is 12.0. The quantitative estimate of drug-likeness (QED) is 0.0860. The summed E-state index contributed by atoms with van der Waals surface area (Å²) in [6.45, 7) is 2.69. The summed E-state index contributed by atoms with van der Waals surface area (Å²) in [5, 5.41) is 0.546. The molecule has 0 aliphatic heterocycles. The van der Waals surface area contributed by atoms with Crippen LogP contribution in [0, 0.1) is 0 Å². The van der Waals surface area contributed by atoms with Gasteiger partial charge in [-0.3, -0.25) is 9.59 Å². The van der Waals surface area contributed by atoms with Gasteiger partial charge in [-0.15, -0.1) is 0 Å². The molecule has 182 valence electrons. The Hall–Kier alpha value is -0.970. The Kier molecular flexibility index (Phi) is 16.8. The minimum absolute atomic E-state index is 0.0420. The van der Waals surface area contributed by atoms with Crippen LogP contribution in [0.15, 0.2) is 12.1 Å². The summed E-state index contributed by atoms with van der Waals surface area (Å²) < 4.78 is 10.4. The molecule has 0 radical (unpaired) electrons. The number of benzene rings is 1. The van der Waals surface area contributed by atoms with Crippen LogP contribution in [0.5, 0.6) is 5.75 Å². The highest BCUT2D eigenvalue weighted by Gasteiger charge is 2.15. The van der Waals surface area contributed by atoms with E-state index in [2.05, 4.69) is 6.92 Å². The monoisotopic (exact) mass is 506 g/mol. The molecule has 0 saturated carbocycles. The number of hydrogen-bond donors (Lipinski definition) is 0. The van der Waals surface area contributed by atoms with Crippen LogP contribution in [0.1, 0.15) is 103 Å². The van der Waals surface area contributed by atoms with Gasteiger partial charge in [0.2, 0.25) is 0 Å². The van der Waals surface area contributed by atoms with Gasteiger partial charge < -0.3 is 9.47 Å². The number of carbonyl (C=O) groups is 2. The first kappa shape index (κ1) is 29.1.